The second kappa shape index (κ2) is 6.21. The molecule has 0 heterocycles. The van der Waals surface area contributed by atoms with Crippen LogP contribution >= 0.6 is 11.6 Å². The number of rotatable bonds is 4. The number of amides is 1. The number of anilines is 1. The molecular formula is C15H12ClNO3. The number of carbonyl (C=O) groups is 2. The van der Waals surface area contributed by atoms with Crippen molar-refractivity contribution in [2.75, 3.05) is 5.32 Å². The lowest BCUT2D eigenvalue weighted by Crippen LogP contribution is -2.06. The summed E-state index contributed by atoms with van der Waals surface area (Å²) in [5, 5.41) is 2.99. The minimum atomic E-state index is -0.185. The van der Waals surface area contributed by atoms with Crippen LogP contribution in [0.2, 0.25) is 5.02 Å². The van der Waals surface area contributed by atoms with E-state index in [1.165, 1.54) is 6.92 Å². The molecule has 0 fully saturated rings. The van der Waals surface area contributed by atoms with Crippen molar-refractivity contribution in [1.29, 1.82) is 0 Å². The highest BCUT2D eigenvalue weighted by Crippen LogP contribution is 2.31. The van der Waals surface area contributed by atoms with Crippen LogP contribution in [0, 0.1) is 0 Å². The van der Waals surface area contributed by atoms with Gasteiger partial charge in [0.15, 0.2) is 12.0 Å². The Morgan fingerprint density at radius 1 is 1.25 bits per heavy atom. The number of hydrogen-bond donors (Lipinski definition) is 1. The lowest BCUT2D eigenvalue weighted by molar-refractivity contribution is -0.114. The second-order valence-electron chi connectivity index (χ2n) is 4.08. The molecule has 0 aliphatic carbocycles. The summed E-state index contributed by atoms with van der Waals surface area (Å²) in [6, 6.07) is 11.8. The van der Waals surface area contributed by atoms with E-state index in [1.807, 2.05) is 0 Å². The van der Waals surface area contributed by atoms with Crippen molar-refractivity contribution in [3.05, 3.63) is 53.1 Å². The van der Waals surface area contributed by atoms with E-state index >= 15 is 0 Å². The van der Waals surface area contributed by atoms with Crippen LogP contribution in [0.3, 0.4) is 0 Å². The second-order valence-corrected chi connectivity index (χ2v) is 4.49. The molecule has 2 aromatic carbocycles. The van der Waals surface area contributed by atoms with E-state index in [4.69, 9.17) is 16.3 Å². The highest BCUT2D eigenvalue weighted by molar-refractivity contribution is 6.33. The first kappa shape index (κ1) is 14.1. The number of carbonyl (C=O) groups excluding carboxylic acids is 2. The van der Waals surface area contributed by atoms with E-state index in [2.05, 4.69) is 5.32 Å². The van der Waals surface area contributed by atoms with Crippen molar-refractivity contribution in [3.8, 4) is 11.5 Å². The largest absolute Gasteiger partial charge is 0.455 e. The van der Waals surface area contributed by atoms with Gasteiger partial charge in [-0.3, -0.25) is 9.59 Å². The maximum absolute atomic E-state index is 11.1. The molecule has 4 nitrogen and oxygen atoms in total. The number of aldehydes is 1. The van der Waals surface area contributed by atoms with Gasteiger partial charge < -0.3 is 10.1 Å². The molecule has 0 radical (unpaired) electrons. The predicted octanol–water partition coefficient (Wildman–Crippen LogP) is 3.90. The molecule has 0 aromatic heterocycles. The number of ether oxygens (including phenoxy) is 1. The number of halogens is 1. The normalized spacial score (nSPS) is 9.90. The van der Waals surface area contributed by atoms with Gasteiger partial charge in [-0.05, 0) is 24.3 Å². The molecule has 5 heteroatoms. The molecule has 0 spiro atoms. The standard InChI is InChI=1S/C15H12ClNO3/c1-10(19)17-14-4-2-3-5-15(14)20-12-7-6-11(9-18)13(16)8-12/h2-9H,1H3,(H,17,19). The van der Waals surface area contributed by atoms with Crippen molar-refractivity contribution >= 4 is 29.5 Å². The molecule has 1 N–H and O–H groups in total. The van der Waals surface area contributed by atoms with E-state index in [0.717, 1.165) is 0 Å². The van der Waals surface area contributed by atoms with Crippen LogP contribution in [-0.2, 0) is 4.79 Å². The van der Waals surface area contributed by atoms with E-state index in [0.29, 0.717) is 34.1 Å². The third-order valence-electron chi connectivity index (χ3n) is 2.52. The summed E-state index contributed by atoms with van der Waals surface area (Å²) in [6.07, 6.45) is 0.678. The van der Waals surface area contributed by atoms with Crippen LogP contribution < -0.4 is 10.1 Å². The highest BCUT2D eigenvalue weighted by atomic mass is 35.5. The van der Waals surface area contributed by atoms with E-state index in [9.17, 15) is 9.59 Å². The lowest BCUT2D eigenvalue weighted by Gasteiger charge is -2.11. The van der Waals surface area contributed by atoms with Crippen LogP contribution in [0.5, 0.6) is 11.5 Å². The van der Waals surface area contributed by atoms with Gasteiger partial charge in [0, 0.05) is 18.6 Å². The van der Waals surface area contributed by atoms with Gasteiger partial charge in [-0.25, -0.2) is 0 Å². The molecule has 0 atom stereocenters. The third-order valence-corrected chi connectivity index (χ3v) is 2.85. The maximum atomic E-state index is 11.1. The van der Waals surface area contributed by atoms with Crippen LogP contribution in [0.15, 0.2) is 42.5 Å². The topological polar surface area (TPSA) is 55.4 Å². The Kier molecular flexibility index (Phi) is 4.38. The Hall–Kier alpha value is -2.33. The molecule has 0 aliphatic heterocycles. The van der Waals surface area contributed by atoms with Crippen molar-refractivity contribution < 1.29 is 14.3 Å². The number of hydrogen-bond acceptors (Lipinski definition) is 3. The van der Waals surface area contributed by atoms with Crippen LogP contribution in [0.1, 0.15) is 17.3 Å². The molecule has 2 aromatic rings. The van der Waals surface area contributed by atoms with Crippen molar-refractivity contribution in [3.63, 3.8) is 0 Å². The summed E-state index contributed by atoms with van der Waals surface area (Å²) in [5.74, 6) is 0.798. The molecule has 102 valence electrons. The highest BCUT2D eigenvalue weighted by Gasteiger charge is 2.07. The first-order valence-electron chi connectivity index (χ1n) is 5.89. The van der Waals surface area contributed by atoms with Gasteiger partial charge >= 0.3 is 0 Å². The molecule has 0 saturated heterocycles. The van der Waals surface area contributed by atoms with E-state index in [-0.39, 0.29) is 5.91 Å². The first-order chi connectivity index (χ1) is 9.60. The molecule has 1 amide bonds. The minimum Gasteiger partial charge on any atom is -0.455 e. The van der Waals surface area contributed by atoms with Gasteiger partial charge in [-0.2, -0.15) is 0 Å². The number of para-hydroxylation sites is 2. The lowest BCUT2D eigenvalue weighted by atomic mass is 10.2. The van der Waals surface area contributed by atoms with Gasteiger partial charge in [0.2, 0.25) is 5.91 Å². The Bertz CT molecular complexity index is 655. The zero-order valence-corrected chi connectivity index (χ0v) is 11.5. The molecule has 20 heavy (non-hydrogen) atoms. The maximum Gasteiger partial charge on any atom is 0.221 e. The zero-order chi connectivity index (χ0) is 14.5. The summed E-state index contributed by atoms with van der Waals surface area (Å²) in [5.41, 5.74) is 0.963. The fourth-order valence-corrected chi connectivity index (χ4v) is 1.86. The van der Waals surface area contributed by atoms with Gasteiger partial charge in [-0.1, -0.05) is 23.7 Å². The first-order valence-corrected chi connectivity index (χ1v) is 6.27. The van der Waals surface area contributed by atoms with Crippen molar-refractivity contribution in [2.24, 2.45) is 0 Å². The predicted molar refractivity (Wildman–Crippen MR) is 77.7 cm³/mol. The fourth-order valence-electron chi connectivity index (χ4n) is 1.64. The summed E-state index contributed by atoms with van der Waals surface area (Å²) < 4.78 is 5.68. The van der Waals surface area contributed by atoms with Crippen LogP contribution in [-0.4, -0.2) is 12.2 Å². The Labute approximate surface area is 121 Å². The summed E-state index contributed by atoms with van der Waals surface area (Å²) in [4.78, 5) is 21.8. The Morgan fingerprint density at radius 2 is 2.00 bits per heavy atom. The van der Waals surface area contributed by atoms with Crippen LogP contribution in [0.25, 0.3) is 0 Å². The molecule has 0 bridgehead atoms. The van der Waals surface area contributed by atoms with Crippen molar-refractivity contribution in [2.45, 2.75) is 6.92 Å². The molecule has 2 rings (SSSR count). The van der Waals surface area contributed by atoms with Gasteiger partial charge in [-0.15, -0.1) is 0 Å². The Morgan fingerprint density at radius 3 is 2.65 bits per heavy atom. The van der Waals surface area contributed by atoms with E-state index in [1.54, 1.807) is 42.5 Å². The van der Waals surface area contributed by atoms with Gasteiger partial charge in [0.1, 0.15) is 5.75 Å². The smallest absolute Gasteiger partial charge is 0.221 e. The van der Waals surface area contributed by atoms with Crippen LogP contribution in [0.4, 0.5) is 5.69 Å². The quantitative estimate of drug-likeness (QED) is 0.868. The molecular weight excluding hydrogens is 278 g/mol. The van der Waals surface area contributed by atoms with Gasteiger partial charge in [0.25, 0.3) is 0 Å². The fraction of sp³-hybridized carbons (Fsp3) is 0.0667. The number of nitrogens with one attached hydrogen (secondary N) is 1. The number of benzene rings is 2. The SMILES string of the molecule is CC(=O)Nc1ccccc1Oc1ccc(C=O)c(Cl)c1. The third kappa shape index (κ3) is 3.36. The average Bonchev–Trinajstić information content (AvgIpc) is 2.41. The minimum absolute atomic E-state index is 0.185. The molecule has 0 aliphatic rings. The summed E-state index contributed by atoms with van der Waals surface area (Å²) >= 11 is 5.94. The monoisotopic (exact) mass is 289 g/mol. The summed E-state index contributed by atoms with van der Waals surface area (Å²) in [7, 11) is 0. The summed E-state index contributed by atoms with van der Waals surface area (Å²) in [6.45, 7) is 1.42. The van der Waals surface area contributed by atoms with Gasteiger partial charge in [0.05, 0.1) is 10.7 Å². The average molecular weight is 290 g/mol. The zero-order valence-electron chi connectivity index (χ0n) is 10.7. The Balaban J connectivity index is 2.28. The van der Waals surface area contributed by atoms with Crippen molar-refractivity contribution in [1.82, 2.24) is 0 Å². The molecule has 0 unspecified atom stereocenters. The molecule has 0 saturated carbocycles. The van der Waals surface area contributed by atoms with E-state index < -0.39 is 0 Å².